The monoisotopic (exact) mass is 282 g/mol. The second-order valence-electron chi connectivity index (χ2n) is 5.54. The molecule has 0 spiro atoms. The number of fused-ring (bicyclic) bond motifs is 1. The normalized spacial score (nSPS) is 24.1. The van der Waals surface area contributed by atoms with E-state index in [0.29, 0.717) is 5.69 Å². The minimum absolute atomic E-state index is 0.229. The Labute approximate surface area is 124 Å². The first kappa shape index (κ1) is 13.5. The van der Waals surface area contributed by atoms with Crippen LogP contribution in [0, 0.1) is 0 Å². The van der Waals surface area contributed by atoms with Crippen molar-refractivity contribution in [1.82, 2.24) is 0 Å². The van der Waals surface area contributed by atoms with E-state index in [2.05, 4.69) is 5.32 Å². The van der Waals surface area contributed by atoms with Crippen LogP contribution in [0.3, 0.4) is 0 Å². The van der Waals surface area contributed by atoms with E-state index in [1.165, 1.54) is 4.90 Å². The van der Waals surface area contributed by atoms with Crippen LogP contribution in [0.1, 0.15) is 19.4 Å². The highest BCUT2D eigenvalue weighted by Crippen LogP contribution is 2.42. The molecule has 2 unspecified atom stereocenters. The lowest BCUT2D eigenvalue weighted by Gasteiger charge is -2.47. The van der Waals surface area contributed by atoms with Gasteiger partial charge < -0.3 is 10.4 Å². The van der Waals surface area contributed by atoms with Gasteiger partial charge in [-0.25, -0.2) is 4.79 Å². The molecule has 1 heterocycles. The van der Waals surface area contributed by atoms with Crippen LogP contribution in [0.25, 0.3) is 0 Å². The quantitative estimate of drug-likeness (QED) is 0.834. The van der Waals surface area contributed by atoms with Crippen molar-refractivity contribution in [3.8, 4) is 0 Å². The summed E-state index contributed by atoms with van der Waals surface area (Å²) in [4.78, 5) is 13.2. The third-order valence-electron chi connectivity index (χ3n) is 4.36. The molecular weight excluding hydrogens is 264 g/mol. The molecule has 108 valence electrons. The maximum absolute atomic E-state index is 11.7. The van der Waals surface area contributed by atoms with Gasteiger partial charge in [0.25, 0.3) is 0 Å². The molecule has 0 bridgehead atoms. The van der Waals surface area contributed by atoms with Gasteiger partial charge in [-0.2, -0.15) is 0 Å². The average molecular weight is 282 g/mol. The number of carbonyl (C=O) groups is 1. The van der Waals surface area contributed by atoms with Crippen LogP contribution in [0.4, 0.5) is 16.2 Å². The van der Waals surface area contributed by atoms with Gasteiger partial charge in [0.15, 0.2) is 0 Å². The molecule has 0 aromatic heterocycles. The molecule has 0 saturated heterocycles. The maximum Gasteiger partial charge on any atom is 0.412 e. The van der Waals surface area contributed by atoms with E-state index < -0.39 is 11.6 Å². The first-order valence-electron chi connectivity index (χ1n) is 6.99. The van der Waals surface area contributed by atoms with Crippen molar-refractivity contribution in [2.45, 2.75) is 25.4 Å². The van der Waals surface area contributed by atoms with Gasteiger partial charge >= 0.3 is 6.09 Å². The summed E-state index contributed by atoms with van der Waals surface area (Å²) in [5.74, 6) is 0. The fourth-order valence-corrected chi connectivity index (χ4v) is 3.01. The molecule has 1 aliphatic heterocycles. The summed E-state index contributed by atoms with van der Waals surface area (Å²) in [6, 6.07) is 17.2. The van der Waals surface area contributed by atoms with Gasteiger partial charge in [0.05, 0.1) is 23.0 Å². The minimum Gasteiger partial charge on any atom is -0.465 e. The topological polar surface area (TPSA) is 52.6 Å². The predicted molar refractivity (Wildman–Crippen MR) is 83.8 cm³/mol. The van der Waals surface area contributed by atoms with Crippen LogP contribution in [0.15, 0.2) is 54.6 Å². The van der Waals surface area contributed by atoms with Gasteiger partial charge in [0.1, 0.15) is 0 Å². The molecule has 2 aromatic rings. The number of nitrogens with zero attached hydrogens (tertiary/aromatic N) is 1. The Balaban J connectivity index is 2.16. The zero-order chi connectivity index (χ0) is 15.0. The molecule has 1 aliphatic rings. The molecule has 1 amide bonds. The standard InChI is InChI=1S/C17H18N2O2/c1-12-17(2,13-8-4-3-5-9-13)18-14-10-6-7-11-15(14)19(12)16(20)21/h3-12,18H,1-2H3,(H,20,21). The lowest BCUT2D eigenvalue weighted by molar-refractivity contribution is 0.195. The maximum atomic E-state index is 11.7. The number of carboxylic acid groups (broad SMARTS) is 1. The Bertz CT molecular complexity index is 672. The molecule has 2 aromatic carbocycles. The third-order valence-corrected chi connectivity index (χ3v) is 4.36. The van der Waals surface area contributed by atoms with Gasteiger partial charge in [-0.3, -0.25) is 4.90 Å². The van der Waals surface area contributed by atoms with Gasteiger partial charge in [-0.15, -0.1) is 0 Å². The fraction of sp³-hybridized carbons (Fsp3) is 0.235. The Kier molecular flexibility index (Phi) is 3.09. The zero-order valence-corrected chi connectivity index (χ0v) is 12.1. The molecule has 3 rings (SSSR count). The van der Waals surface area contributed by atoms with Gasteiger partial charge in [-0.1, -0.05) is 42.5 Å². The van der Waals surface area contributed by atoms with E-state index in [4.69, 9.17) is 0 Å². The Morgan fingerprint density at radius 2 is 1.76 bits per heavy atom. The highest BCUT2D eigenvalue weighted by atomic mass is 16.4. The molecule has 4 nitrogen and oxygen atoms in total. The van der Waals surface area contributed by atoms with Crippen molar-refractivity contribution in [3.63, 3.8) is 0 Å². The van der Waals surface area contributed by atoms with Gasteiger partial charge in [0.2, 0.25) is 0 Å². The SMILES string of the molecule is CC1N(C(=O)O)c2ccccc2NC1(C)c1ccccc1. The molecule has 2 atom stereocenters. The smallest absolute Gasteiger partial charge is 0.412 e. The Morgan fingerprint density at radius 3 is 2.43 bits per heavy atom. The van der Waals surface area contributed by atoms with E-state index in [1.807, 2.05) is 68.4 Å². The van der Waals surface area contributed by atoms with Crippen molar-refractivity contribution in [2.24, 2.45) is 0 Å². The highest BCUT2D eigenvalue weighted by molar-refractivity contribution is 5.93. The van der Waals surface area contributed by atoms with Crippen molar-refractivity contribution in [3.05, 3.63) is 60.2 Å². The number of hydrogen-bond acceptors (Lipinski definition) is 2. The van der Waals surface area contributed by atoms with Crippen molar-refractivity contribution in [1.29, 1.82) is 0 Å². The molecule has 0 radical (unpaired) electrons. The van der Waals surface area contributed by atoms with Crippen molar-refractivity contribution >= 4 is 17.5 Å². The van der Waals surface area contributed by atoms with Crippen LogP contribution in [0.5, 0.6) is 0 Å². The van der Waals surface area contributed by atoms with Crippen LogP contribution in [-0.4, -0.2) is 17.2 Å². The van der Waals surface area contributed by atoms with E-state index in [1.54, 1.807) is 0 Å². The predicted octanol–water partition coefficient (Wildman–Crippen LogP) is 3.90. The number of nitrogens with one attached hydrogen (secondary N) is 1. The molecule has 0 saturated carbocycles. The summed E-state index contributed by atoms with van der Waals surface area (Å²) < 4.78 is 0. The largest absolute Gasteiger partial charge is 0.465 e. The number of anilines is 2. The summed E-state index contributed by atoms with van der Waals surface area (Å²) in [7, 11) is 0. The first-order chi connectivity index (χ1) is 10.0. The Morgan fingerprint density at radius 1 is 1.14 bits per heavy atom. The van der Waals surface area contributed by atoms with Crippen molar-refractivity contribution in [2.75, 3.05) is 10.2 Å². The fourth-order valence-electron chi connectivity index (χ4n) is 3.01. The van der Waals surface area contributed by atoms with E-state index in [9.17, 15) is 9.90 Å². The van der Waals surface area contributed by atoms with Gasteiger partial charge in [0, 0.05) is 0 Å². The van der Waals surface area contributed by atoms with Gasteiger partial charge in [-0.05, 0) is 31.5 Å². The van der Waals surface area contributed by atoms with Crippen LogP contribution >= 0.6 is 0 Å². The second kappa shape index (κ2) is 4.81. The lowest BCUT2D eigenvalue weighted by Crippen LogP contribution is -2.57. The summed E-state index contributed by atoms with van der Waals surface area (Å²) in [5, 5.41) is 13.2. The number of amides is 1. The number of hydrogen-bond donors (Lipinski definition) is 2. The number of rotatable bonds is 1. The van der Waals surface area contributed by atoms with Crippen molar-refractivity contribution < 1.29 is 9.90 Å². The highest BCUT2D eigenvalue weighted by Gasteiger charge is 2.43. The molecule has 0 aliphatic carbocycles. The van der Waals surface area contributed by atoms with Crippen LogP contribution < -0.4 is 10.2 Å². The van der Waals surface area contributed by atoms with E-state index in [-0.39, 0.29) is 6.04 Å². The molecule has 21 heavy (non-hydrogen) atoms. The van der Waals surface area contributed by atoms with E-state index >= 15 is 0 Å². The Hall–Kier alpha value is -2.49. The van der Waals surface area contributed by atoms with Crippen LogP contribution in [-0.2, 0) is 5.54 Å². The minimum atomic E-state index is -0.932. The second-order valence-corrected chi connectivity index (χ2v) is 5.54. The molecule has 0 fully saturated rings. The summed E-state index contributed by atoms with van der Waals surface area (Å²) in [5.41, 5.74) is 2.13. The number of para-hydroxylation sites is 2. The summed E-state index contributed by atoms with van der Waals surface area (Å²) >= 11 is 0. The molecule has 2 N–H and O–H groups in total. The average Bonchev–Trinajstić information content (AvgIpc) is 2.49. The van der Waals surface area contributed by atoms with E-state index in [0.717, 1.165) is 11.3 Å². The lowest BCUT2D eigenvalue weighted by atomic mass is 9.82. The molecule has 4 heteroatoms. The zero-order valence-electron chi connectivity index (χ0n) is 12.1. The molecular formula is C17H18N2O2. The first-order valence-corrected chi connectivity index (χ1v) is 6.99. The third kappa shape index (κ3) is 2.03. The van der Waals surface area contributed by atoms with Crippen LogP contribution in [0.2, 0.25) is 0 Å². The number of benzene rings is 2. The summed E-state index contributed by atoms with van der Waals surface area (Å²) in [6.07, 6.45) is -0.932. The summed E-state index contributed by atoms with van der Waals surface area (Å²) in [6.45, 7) is 3.98.